The molecule has 2 aromatic carbocycles. The molecule has 0 atom stereocenters. The highest BCUT2D eigenvalue weighted by Crippen LogP contribution is 2.16. The number of rotatable bonds is 7. The van der Waals surface area contributed by atoms with E-state index < -0.39 is 5.97 Å². The Morgan fingerprint density at radius 3 is 2.28 bits per heavy atom. The molecule has 29 heavy (non-hydrogen) atoms. The van der Waals surface area contributed by atoms with Gasteiger partial charge < -0.3 is 15.4 Å². The SMILES string of the molecule is COC(=O)c1ccc(Nc2ccc(C(=O)NCCc3ccc(F)cc3)cn2)cc1. The normalized spacial score (nSPS) is 10.3. The van der Waals surface area contributed by atoms with Crippen LogP contribution in [0, 0.1) is 5.82 Å². The van der Waals surface area contributed by atoms with E-state index in [1.807, 2.05) is 0 Å². The standard InChI is InChI=1S/C22H20FN3O3/c1-29-22(28)16-4-9-19(10-5-16)26-20-11-6-17(14-25-20)21(27)24-13-12-15-2-7-18(23)8-3-15/h2-11,14H,12-13H2,1H3,(H,24,27)(H,25,26). The molecule has 2 N–H and O–H groups in total. The molecule has 3 aromatic rings. The van der Waals surface area contributed by atoms with Crippen LogP contribution in [0.4, 0.5) is 15.9 Å². The van der Waals surface area contributed by atoms with E-state index in [1.54, 1.807) is 48.5 Å². The lowest BCUT2D eigenvalue weighted by molar-refractivity contribution is 0.0600. The van der Waals surface area contributed by atoms with Crippen molar-refractivity contribution in [3.8, 4) is 0 Å². The number of amides is 1. The molecular weight excluding hydrogens is 373 g/mol. The zero-order valence-electron chi connectivity index (χ0n) is 15.8. The fourth-order valence-corrected chi connectivity index (χ4v) is 2.63. The summed E-state index contributed by atoms with van der Waals surface area (Å²) in [7, 11) is 1.33. The maximum absolute atomic E-state index is 12.9. The number of esters is 1. The highest BCUT2D eigenvalue weighted by Gasteiger charge is 2.07. The van der Waals surface area contributed by atoms with Gasteiger partial charge in [-0.25, -0.2) is 14.2 Å². The number of carbonyl (C=O) groups excluding carboxylic acids is 2. The number of nitrogens with one attached hydrogen (secondary N) is 2. The molecule has 0 fully saturated rings. The Morgan fingerprint density at radius 1 is 0.966 bits per heavy atom. The largest absolute Gasteiger partial charge is 0.465 e. The van der Waals surface area contributed by atoms with Crippen molar-refractivity contribution in [1.29, 1.82) is 0 Å². The van der Waals surface area contributed by atoms with Gasteiger partial charge in [-0.3, -0.25) is 4.79 Å². The van der Waals surface area contributed by atoms with Crippen LogP contribution in [-0.4, -0.2) is 30.5 Å². The summed E-state index contributed by atoms with van der Waals surface area (Å²) in [5.74, 6) is -0.339. The molecule has 148 valence electrons. The number of methoxy groups -OCH3 is 1. The predicted octanol–water partition coefficient (Wildman–Crippen LogP) is 3.72. The van der Waals surface area contributed by atoms with E-state index >= 15 is 0 Å². The third-order valence-electron chi connectivity index (χ3n) is 4.22. The van der Waals surface area contributed by atoms with Gasteiger partial charge in [-0.2, -0.15) is 0 Å². The molecule has 0 unspecified atom stereocenters. The lowest BCUT2D eigenvalue weighted by Crippen LogP contribution is -2.25. The van der Waals surface area contributed by atoms with E-state index in [1.165, 1.54) is 25.4 Å². The van der Waals surface area contributed by atoms with Crippen molar-refractivity contribution in [2.24, 2.45) is 0 Å². The van der Waals surface area contributed by atoms with Gasteiger partial charge in [0.05, 0.1) is 18.2 Å². The van der Waals surface area contributed by atoms with Gasteiger partial charge >= 0.3 is 5.97 Å². The van der Waals surface area contributed by atoms with Gasteiger partial charge in [-0.05, 0) is 60.5 Å². The number of ether oxygens (including phenoxy) is 1. The third kappa shape index (κ3) is 5.62. The van der Waals surface area contributed by atoms with Gasteiger partial charge in [0.2, 0.25) is 0 Å². The molecular formula is C22H20FN3O3. The van der Waals surface area contributed by atoms with Crippen LogP contribution >= 0.6 is 0 Å². The number of pyridine rings is 1. The predicted molar refractivity (Wildman–Crippen MR) is 108 cm³/mol. The van der Waals surface area contributed by atoms with Crippen LogP contribution in [0.2, 0.25) is 0 Å². The summed E-state index contributed by atoms with van der Waals surface area (Å²) in [5, 5.41) is 5.91. The Labute approximate surface area is 167 Å². The maximum Gasteiger partial charge on any atom is 0.337 e. The molecule has 1 aromatic heterocycles. The number of carbonyl (C=O) groups is 2. The van der Waals surface area contributed by atoms with Crippen LogP contribution in [-0.2, 0) is 11.2 Å². The molecule has 0 bridgehead atoms. The number of hydrogen-bond donors (Lipinski definition) is 2. The van der Waals surface area contributed by atoms with Crippen molar-refractivity contribution >= 4 is 23.4 Å². The summed E-state index contributed by atoms with van der Waals surface area (Å²) in [4.78, 5) is 27.9. The highest BCUT2D eigenvalue weighted by atomic mass is 19.1. The lowest BCUT2D eigenvalue weighted by atomic mass is 10.1. The molecule has 0 aliphatic rings. The van der Waals surface area contributed by atoms with Crippen molar-refractivity contribution in [3.05, 3.63) is 89.4 Å². The van der Waals surface area contributed by atoms with Crippen LogP contribution in [0.15, 0.2) is 66.9 Å². The van der Waals surface area contributed by atoms with Crippen molar-refractivity contribution in [1.82, 2.24) is 10.3 Å². The number of benzene rings is 2. The monoisotopic (exact) mass is 393 g/mol. The van der Waals surface area contributed by atoms with Gasteiger partial charge in [0.15, 0.2) is 0 Å². The van der Waals surface area contributed by atoms with E-state index in [2.05, 4.69) is 20.4 Å². The minimum atomic E-state index is -0.399. The van der Waals surface area contributed by atoms with Crippen LogP contribution < -0.4 is 10.6 Å². The van der Waals surface area contributed by atoms with Crippen molar-refractivity contribution in [3.63, 3.8) is 0 Å². The van der Waals surface area contributed by atoms with Crippen molar-refractivity contribution in [2.75, 3.05) is 19.0 Å². The first-order chi connectivity index (χ1) is 14.0. The molecule has 0 saturated heterocycles. The first kappa shape index (κ1) is 20.0. The number of anilines is 2. The van der Waals surface area contributed by atoms with Gasteiger partial charge in [0.1, 0.15) is 11.6 Å². The number of aromatic nitrogens is 1. The molecule has 0 radical (unpaired) electrons. The fourth-order valence-electron chi connectivity index (χ4n) is 2.63. The number of halogens is 1. The fraction of sp³-hybridized carbons (Fsp3) is 0.136. The van der Waals surface area contributed by atoms with Crippen LogP contribution in [0.5, 0.6) is 0 Å². The topological polar surface area (TPSA) is 80.3 Å². The average Bonchev–Trinajstić information content (AvgIpc) is 2.75. The first-order valence-electron chi connectivity index (χ1n) is 8.99. The summed E-state index contributed by atoms with van der Waals surface area (Å²) < 4.78 is 17.6. The third-order valence-corrected chi connectivity index (χ3v) is 4.22. The summed E-state index contributed by atoms with van der Waals surface area (Å²) >= 11 is 0. The first-order valence-corrected chi connectivity index (χ1v) is 8.99. The summed E-state index contributed by atoms with van der Waals surface area (Å²) in [6.45, 7) is 0.441. The molecule has 7 heteroatoms. The highest BCUT2D eigenvalue weighted by molar-refractivity contribution is 5.94. The minimum Gasteiger partial charge on any atom is -0.465 e. The van der Waals surface area contributed by atoms with Gasteiger partial charge in [-0.1, -0.05) is 12.1 Å². The number of hydrogen-bond acceptors (Lipinski definition) is 5. The van der Waals surface area contributed by atoms with Crippen LogP contribution in [0.25, 0.3) is 0 Å². The van der Waals surface area contributed by atoms with Crippen LogP contribution in [0.3, 0.4) is 0 Å². The Balaban J connectivity index is 1.51. The zero-order chi connectivity index (χ0) is 20.6. The molecule has 0 spiro atoms. The molecule has 3 rings (SSSR count). The van der Waals surface area contributed by atoms with E-state index in [9.17, 15) is 14.0 Å². The second-order valence-corrected chi connectivity index (χ2v) is 6.26. The molecule has 0 aliphatic heterocycles. The van der Waals surface area contributed by atoms with Crippen molar-refractivity contribution < 1.29 is 18.7 Å². The average molecular weight is 393 g/mol. The molecule has 1 heterocycles. The second-order valence-electron chi connectivity index (χ2n) is 6.26. The Morgan fingerprint density at radius 2 is 1.66 bits per heavy atom. The van der Waals surface area contributed by atoms with Gasteiger partial charge in [-0.15, -0.1) is 0 Å². The molecule has 0 aliphatic carbocycles. The van der Waals surface area contributed by atoms with E-state index in [0.29, 0.717) is 29.9 Å². The lowest BCUT2D eigenvalue weighted by Gasteiger charge is -2.08. The van der Waals surface area contributed by atoms with E-state index in [0.717, 1.165) is 11.3 Å². The molecule has 0 saturated carbocycles. The zero-order valence-corrected chi connectivity index (χ0v) is 15.8. The maximum atomic E-state index is 12.9. The Hall–Kier alpha value is -3.74. The summed E-state index contributed by atoms with van der Waals surface area (Å²) in [6.07, 6.45) is 2.10. The van der Waals surface area contributed by atoms with E-state index in [-0.39, 0.29) is 11.7 Å². The Kier molecular flexibility index (Phi) is 6.52. The Bertz CT molecular complexity index is 972. The molecule has 1 amide bonds. The quantitative estimate of drug-likeness (QED) is 0.598. The van der Waals surface area contributed by atoms with Crippen molar-refractivity contribution in [2.45, 2.75) is 6.42 Å². The summed E-state index contributed by atoms with van der Waals surface area (Å²) in [6, 6.07) is 16.3. The minimum absolute atomic E-state index is 0.228. The summed E-state index contributed by atoms with van der Waals surface area (Å²) in [5.41, 5.74) is 2.60. The van der Waals surface area contributed by atoms with Gasteiger partial charge in [0, 0.05) is 18.4 Å². The van der Waals surface area contributed by atoms with Crippen LogP contribution in [0.1, 0.15) is 26.3 Å². The smallest absolute Gasteiger partial charge is 0.337 e. The molecule has 6 nitrogen and oxygen atoms in total. The van der Waals surface area contributed by atoms with Gasteiger partial charge in [0.25, 0.3) is 5.91 Å². The van der Waals surface area contributed by atoms with E-state index in [4.69, 9.17) is 0 Å². The second kappa shape index (κ2) is 9.45. The number of nitrogens with zero attached hydrogens (tertiary/aromatic N) is 1.